The standard InChI is InChI=1S/C24H23ClN4OS/c25-20-4-3-17-10-22(31-23(17)11-20)14-28-7-8-29(21(13-28)15-30)24(26)18-1-2-19-12-27-6-5-16(19)9-18/h1-6,9-12,15,21,24H,7-8,13-14,26H2. The number of halogens is 1. The summed E-state index contributed by atoms with van der Waals surface area (Å²) < 4.78 is 1.20. The second kappa shape index (κ2) is 8.65. The van der Waals surface area contributed by atoms with Gasteiger partial charge in [0.2, 0.25) is 0 Å². The number of rotatable bonds is 5. The number of hydrogen-bond acceptors (Lipinski definition) is 6. The summed E-state index contributed by atoms with van der Waals surface area (Å²) in [5.74, 6) is 0. The van der Waals surface area contributed by atoms with Crippen LogP contribution in [0.2, 0.25) is 5.02 Å². The summed E-state index contributed by atoms with van der Waals surface area (Å²) in [4.78, 5) is 21.8. The zero-order valence-corrected chi connectivity index (χ0v) is 18.5. The molecule has 2 N–H and O–H groups in total. The first-order valence-electron chi connectivity index (χ1n) is 10.3. The van der Waals surface area contributed by atoms with Crippen LogP contribution in [0.3, 0.4) is 0 Å². The van der Waals surface area contributed by atoms with Crippen molar-refractivity contribution in [3.63, 3.8) is 0 Å². The molecule has 4 aromatic rings. The predicted octanol–water partition coefficient (Wildman–Crippen LogP) is 4.45. The lowest BCUT2D eigenvalue weighted by Gasteiger charge is -2.41. The molecule has 0 amide bonds. The van der Waals surface area contributed by atoms with E-state index in [0.717, 1.165) is 47.3 Å². The Morgan fingerprint density at radius 3 is 2.87 bits per heavy atom. The fraction of sp³-hybridized carbons (Fsp3) is 0.250. The molecule has 1 saturated heterocycles. The number of aromatic nitrogens is 1. The highest BCUT2D eigenvalue weighted by atomic mass is 35.5. The van der Waals surface area contributed by atoms with Gasteiger partial charge in [0.1, 0.15) is 6.29 Å². The third-order valence-corrected chi connectivity index (χ3v) is 7.30. The van der Waals surface area contributed by atoms with E-state index in [1.165, 1.54) is 15.0 Å². The van der Waals surface area contributed by atoms with E-state index in [1.54, 1.807) is 17.5 Å². The minimum absolute atomic E-state index is 0.235. The van der Waals surface area contributed by atoms with Crippen molar-refractivity contribution in [3.8, 4) is 0 Å². The van der Waals surface area contributed by atoms with Gasteiger partial charge in [0, 0.05) is 58.6 Å². The van der Waals surface area contributed by atoms with Gasteiger partial charge in [-0.15, -0.1) is 11.3 Å². The lowest BCUT2D eigenvalue weighted by molar-refractivity contribution is -0.116. The minimum atomic E-state index is -0.318. The molecule has 158 valence electrons. The van der Waals surface area contributed by atoms with Crippen LogP contribution in [0, 0.1) is 0 Å². The second-order valence-electron chi connectivity index (χ2n) is 8.00. The summed E-state index contributed by atoms with van der Waals surface area (Å²) in [7, 11) is 0. The first-order valence-corrected chi connectivity index (χ1v) is 11.5. The molecule has 1 aliphatic heterocycles. The van der Waals surface area contributed by atoms with Gasteiger partial charge in [0.15, 0.2) is 0 Å². The van der Waals surface area contributed by atoms with E-state index in [0.29, 0.717) is 6.54 Å². The van der Waals surface area contributed by atoms with Crippen LogP contribution in [-0.4, -0.2) is 46.7 Å². The zero-order valence-electron chi connectivity index (χ0n) is 16.9. The third kappa shape index (κ3) is 4.22. The van der Waals surface area contributed by atoms with Gasteiger partial charge < -0.3 is 10.5 Å². The molecule has 0 saturated carbocycles. The molecule has 5 rings (SSSR count). The molecule has 5 nitrogen and oxygen atoms in total. The Bertz CT molecular complexity index is 1240. The molecular weight excluding hydrogens is 428 g/mol. The average molecular weight is 451 g/mol. The first kappa shape index (κ1) is 20.5. The largest absolute Gasteiger partial charge is 0.312 e. The highest BCUT2D eigenvalue weighted by Crippen LogP contribution is 2.30. The van der Waals surface area contributed by atoms with Crippen LogP contribution in [-0.2, 0) is 11.3 Å². The number of fused-ring (bicyclic) bond motifs is 2. The zero-order chi connectivity index (χ0) is 21.4. The van der Waals surface area contributed by atoms with Crippen LogP contribution in [0.1, 0.15) is 16.6 Å². The number of piperazine rings is 1. The fourth-order valence-electron chi connectivity index (χ4n) is 4.33. The maximum absolute atomic E-state index is 12.0. The summed E-state index contributed by atoms with van der Waals surface area (Å²) >= 11 is 7.88. The SMILES string of the molecule is NC(c1ccc2cnccc2c1)N1CCN(Cc2cc3ccc(Cl)cc3s2)CC1C=O. The molecule has 0 radical (unpaired) electrons. The summed E-state index contributed by atoms with van der Waals surface area (Å²) in [6.45, 7) is 3.11. The van der Waals surface area contributed by atoms with Crippen molar-refractivity contribution in [2.45, 2.75) is 18.8 Å². The number of benzene rings is 2. The Labute approximate surface area is 190 Å². The highest BCUT2D eigenvalue weighted by molar-refractivity contribution is 7.19. The van der Waals surface area contributed by atoms with Crippen molar-refractivity contribution in [3.05, 3.63) is 76.4 Å². The van der Waals surface area contributed by atoms with Crippen molar-refractivity contribution in [2.75, 3.05) is 19.6 Å². The van der Waals surface area contributed by atoms with Crippen LogP contribution < -0.4 is 5.73 Å². The molecule has 0 spiro atoms. The molecule has 2 aromatic carbocycles. The lowest BCUT2D eigenvalue weighted by atomic mass is 10.0. The van der Waals surface area contributed by atoms with E-state index < -0.39 is 0 Å². The average Bonchev–Trinajstić information content (AvgIpc) is 3.19. The van der Waals surface area contributed by atoms with Gasteiger partial charge in [-0.05, 0) is 46.7 Å². The van der Waals surface area contributed by atoms with Crippen LogP contribution in [0.25, 0.3) is 20.9 Å². The Kier molecular flexibility index (Phi) is 5.73. The number of pyridine rings is 1. The molecule has 2 unspecified atom stereocenters. The molecule has 2 aromatic heterocycles. The Balaban J connectivity index is 1.30. The molecular formula is C24H23ClN4OS. The van der Waals surface area contributed by atoms with Crippen LogP contribution in [0.4, 0.5) is 0 Å². The van der Waals surface area contributed by atoms with E-state index >= 15 is 0 Å². The Hall–Kier alpha value is -2.35. The maximum Gasteiger partial charge on any atom is 0.138 e. The number of nitrogens with zero attached hydrogens (tertiary/aromatic N) is 3. The van der Waals surface area contributed by atoms with Crippen molar-refractivity contribution < 1.29 is 4.79 Å². The van der Waals surface area contributed by atoms with Gasteiger partial charge >= 0.3 is 0 Å². The summed E-state index contributed by atoms with van der Waals surface area (Å²) in [5.41, 5.74) is 7.63. The molecule has 31 heavy (non-hydrogen) atoms. The number of carbonyl (C=O) groups is 1. The van der Waals surface area contributed by atoms with Crippen LogP contribution in [0.5, 0.6) is 0 Å². The Morgan fingerprint density at radius 2 is 2.00 bits per heavy atom. The summed E-state index contributed by atoms with van der Waals surface area (Å²) in [6.07, 6.45) is 4.34. The number of hydrogen-bond donors (Lipinski definition) is 1. The van der Waals surface area contributed by atoms with Gasteiger partial charge in [-0.3, -0.25) is 14.8 Å². The van der Waals surface area contributed by atoms with E-state index in [-0.39, 0.29) is 12.2 Å². The summed E-state index contributed by atoms with van der Waals surface area (Å²) in [6, 6.07) is 16.1. The number of aldehydes is 1. The number of carbonyl (C=O) groups excluding carboxylic acids is 1. The van der Waals surface area contributed by atoms with E-state index in [4.69, 9.17) is 17.3 Å². The van der Waals surface area contributed by atoms with Gasteiger partial charge in [-0.2, -0.15) is 0 Å². The topological polar surface area (TPSA) is 62.5 Å². The van der Waals surface area contributed by atoms with Crippen LogP contribution >= 0.6 is 22.9 Å². The normalized spacial score (nSPS) is 19.1. The maximum atomic E-state index is 12.0. The van der Waals surface area contributed by atoms with Gasteiger partial charge in [0.05, 0.1) is 12.2 Å². The molecule has 1 aliphatic rings. The van der Waals surface area contributed by atoms with Crippen molar-refractivity contribution in [1.82, 2.24) is 14.8 Å². The first-order chi connectivity index (χ1) is 15.1. The van der Waals surface area contributed by atoms with Gasteiger partial charge in [-0.25, -0.2) is 0 Å². The quantitative estimate of drug-likeness (QED) is 0.455. The second-order valence-corrected chi connectivity index (χ2v) is 9.60. The molecule has 2 atom stereocenters. The molecule has 3 heterocycles. The lowest BCUT2D eigenvalue weighted by Crippen LogP contribution is -2.56. The van der Waals surface area contributed by atoms with E-state index in [2.05, 4.69) is 33.0 Å². The van der Waals surface area contributed by atoms with Crippen molar-refractivity contribution in [1.29, 1.82) is 0 Å². The fourth-order valence-corrected chi connectivity index (χ4v) is 5.71. The number of nitrogens with two attached hydrogens (primary N) is 1. The van der Waals surface area contributed by atoms with E-state index in [1.807, 2.05) is 36.5 Å². The van der Waals surface area contributed by atoms with Crippen molar-refractivity contribution in [2.24, 2.45) is 5.73 Å². The summed E-state index contributed by atoms with van der Waals surface area (Å²) in [5, 5.41) is 4.16. The van der Waals surface area contributed by atoms with Gasteiger partial charge in [-0.1, -0.05) is 29.8 Å². The third-order valence-electron chi connectivity index (χ3n) is 5.98. The monoisotopic (exact) mass is 450 g/mol. The van der Waals surface area contributed by atoms with Gasteiger partial charge in [0.25, 0.3) is 0 Å². The molecule has 1 fully saturated rings. The van der Waals surface area contributed by atoms with E-state index in [9.17, 15) is 4.79 Å². The Morgan fingerprint density at radius 1 is 1.13 bits per heavy atom. The smallest absolute Gasteiger partial charge is 0.138 e. The minimum Gasteiger partial charge on any atom is -0.312 e. The number of thiophene rings is 1. The molecule has 0 aliphatic carbocycles. The van der Waals surface area contributed by atoms with Crippen molar-refractivity contribution >= 4 is 50.1 Å². The van der Waals surface area contributed by atoms with Crippen LogP contribution in [0.15, 0.2) is 60.9 Å². The highest BCUT2D eigenvalue weighted by Gasteiger charge is 2.31. The molecule has 0 bridgehead atoms. The molecule has 7 heteroatoms. The predicted molar refractivity (Wildman–Crippen MR) is 127 cm³/mol.